The van der Waals surface area contributed by atoms with Crippen molar-refractivity contribution in [1.82, 2.24) is 15.5 Å². The smallest absolute Gasteiger partial charge is 0.434 e. The highest BCUT2D eigenvalue weighted by Crippen LogP contribution is 2.27. The van der Waals surface area contributed by atoms with Crippen molar-refractivity contribution in [2.24, 2.45) is 22.4 Å². The Balaban J connectivity index is 0.000000315. The van der Waals surface area contributed by atoms with Gasteiger partial charge in [-0.15, -0.1) is 5.10 Å². The van der Waals surface area contributed by atoms with E-state index in [0.29, 0.717) is 23.5 Å². The maximum absolute atomic E-state index is 13.3. The molecule has 40 heavy (non-hydrogen) atoms. The summed E-state index contributed by atoms with van der Waals surface area (Å²) in [5, 5.41) is 17.2. The quantitative estimate of drug-likeness (QED) is 0.179. The molecule has 14 heteroatoms. The Bertz CT molecular complexity index is 1390. The number of ether oxygens (including phenoxy) is 2. The van der Waals surface area contributed by atoms with Crippen LogP contribution < -0.4 is 32.0 Å². The summed E-state index contributed by atoms with van der Waals surface area (Å²) in [7, 11) is 3.03. The van der Waals surface area contributed by atoms with Crippen LogP contribution in [0.1, 0.15) is 31.4 Å². The highest BCUT2D eigenvalue weighted by molar-refractivity contribution is 5.97. The molecule has 0 spiro atoms. The van der Waals surface area contributed by atoms with Gasteiger partial charge in [-0.2, -0.15) is 0 Å². The minimum absolute atomic E-state index is 0.0402. The van der Waals surface area contributed by atoms with Crippen molar-refractivity contribution in [2.45, 2.75) is 39.3 Å². The summed E-state index contributed by atoms with van der Waals surface area (Å²) in [6, 6.07) is 8.44. The molecular formula is C26H33FN6O7. The molecule has 1 atom stereocenters. The van der Waals surface area contributed by atoms with Crippen molar-refractivity contribution in [1.29, 1.82) is 0 Å². The van der Waals surface area contributed by atoms with E-state index in [-0.39, 0.29) is 36.3 Å². The average molecular weight is 561 g/mol. The molecule has 1 heterocycles. The van der Waals surface area contributed by atoms with E-state index in [1.807, 2.05) is 13.8 Å². The van der Waals surface area contributed by atoms with Crippen LogP contribution in [0.2, 0.25) is 0 Å². The number of nitrogens with zero attached hydrogens (tertiary/aromatic N) is 2. The highest BCUT2D eigenvalue weighted by Gasteiger charge is 2.19. The molecular weight excluding hydrogens is 527 g/mol. The molecule has 0 radical (unpaired) electrons. The van der Waals surface area contributed by atoms with E-state index in [2.05, 4.69) is 24.9 Å². The lowest BCUT2D eigenvalue weighted by atomic mass is 10.0. The van der Waals surface area contributed by atoms with Crippen LogP contribution in [0.5, 0.6) is 11.5 Å². The third kappa shape index (κ3) is 9.54. The Morgan fingerprint density at radius 3 is 2.38 bits per heavy atom. The lowest BCUT2D eigenvalue weighted by Gasteiger charge is -2.12. The molecule has 13 nitrogen and oxygen atoms in total. The molecule has 0 aliphatic rings. The van der Waals surface area contributed by atoms with Gasteiger partial charge in [0.15, 0.2) is 23.5 Å². The first-order valence-electron chi connectivity index (χ1n) is 12.1. The number of carbonyl (C=O) groups is 2. The van der Waals surface area contributed by atoms with E-state index >= 15 is 0 Å². The Morgan fingerprint density at radius 2 is 1.82 bits per heavy atom. The zero-order chi connectivity index (χ0) is 29.8. The minimum atomic E-state index is -1.08. The molecule has 3 rings (SSSR count). The van der Waals surface area contributed by atoms with E-state index in [4.69, 9.17) is 26.0 Å². The number of H-pyrrole nitrogens is 1. The number of carbonyl (C=O) groups excluding carboxylic acids is 1. The second-order valence-corrected chi connectivity index (χ2v) is 8.85. The Labute approximate surface area is 229 Å². The van der Waals surface area contributed by atoms with E-state index < -0.39 is 29.5 Å². The molecule has 0 unspecified atom stereocenters. The fraction of sp³-hybridized carbons (Fsp3) is 0.346. The minimum Gasteiger partial charge on any atom is -0.493 e. The maximum Gasteiger partial charge on any atom is 0.434 e. The predicted octanol–water partition coefficient (Wildman–Crippen LogP) is 1.80. The van der Waals surface area contributed by atoms with Gasteiger partial charge in [0.1, 0.15) is 5.82 Å². The number of rotatable bonds is 10. The second-order valence-electron chi connectivity index (χ2n) is 8.85. The van der Waals surface area contributed by atoms with Crippen LogP contribution >= 0.6 is 0 Å². The fourth-order valence-corrected chi connectivity index (χ4v) is 3.43. The number of halogens is 1. The topological polar surface area (TPSA) is 208 Å². The molecule has 0 bridgehead atoms. The highest BCUT2D eigenvalue weighted by atomic mass is 19.1. The first kappa shape index (κ1) is 31.5. The van der Waals surface area contributed by atoms with Crippen LogP contribution in [0.4, 0.5) is 4.39 Å². The van der Waals surface area contributed by atoms with Crippen LogP contribution in [-0.4, -0.2) is 53.4 Å². The van der Waals surface area contributed by atoms with Crippen molar-refractivity contribution >= 4 is 17.8 Å². The standard InChI is InChI=1S/C17H25N3O5.C9H8FN3O2/c1-10(2)7-12(16(22)23)19-17(18)20-15(21)9-11-5-6-13(24-3)14(8-11)25-4;10-7-2-1-5(4-11)3-6(7)8-12-13-9(14)15-8/h5-6,8,10,12H,7,9H2,1-4H3,(H,22,23)(H3,18,19,20,21);1-3H,4,11H2,(H,13,14)/t12-;/m1./s1. The lowest BCUT2D eigenvalue weighted by molar-refractivity contribution is -0.138. The SMILES string of the molecule is COc1ccc(CC(=O)NC(N)=N[C@H](CC(C)C)C(=O)O)cc1OC.NCc1ccc(F)c(-c2n[nH]c(=O)o2)c1. The summed E-state index contributed by atoms with van der Waals surface area (Å²) >= 11 is 0. The number of hydrogen-bond acceptors (Lipinski definition) is 9. The number of aliphatic imine (C=N–C) groups is 1. The number of methoxy groups -OCH3 is 2. The Morgan fingerprint density at radius 1 is 1.15 bits per heavy atom. The van der Waals surface area contributed by atoms with Crippen molar-refractivity contribution < 1.29 is 33.0 Å². The van der Waals surface area contributed by atoms with Crippen LogP contribution in [0.25, 0.3) is 11.5 Å². The molecule has 0 saturated carbocycles. The predicted molar refractivity (Wildman–Crippen MR) is 144 cm³/mol. The third-order valence-corrected chi connectivity index (χ3v) is 5.29. The Hall–Kier alpha value is -4.72. The zero-order valence-electron chi connectivity index (χ0n) is 22.6. The molecule has 1 aromatic heterocycles. The van der Waals surface area contributed by atoms with E-state index in [1.165, 1.54) is 26.4 Å². The number of nitrogens with two attached hydrogens (primary N) is 2. The number of aliphatic carboxylic acids is 1. The van der Waals surface area contributed by atoms with Gasteiger partial charge in [-0.05, 0) is 47.7 Å². The summed E-state index contributed by atoms with van der Waals surface area (Å²) in [6.07, 6.45) is 0.375. The van der Waals surface area contributed by atoms with Gasteiger partial charge in [0.2, 0.25) is 5.91 Å². The van der Waals surface area contributed by atoms with E-state index in [1.54, 1.807) is 24.3 Å². The molecule has 2 aromatic carbocycles. The van der Waals surface area contributed by atoms with Gasteiger partial charge in [-0.25, -0.2) is 24.1 Å². The molecule has 7 N–H and O–H groups in total. The Kier molecular flexibility index (Phi) is 11.8. The summed E-state index contributed by atoms with van der Waals surface area (Å²) < 4.78 is 28.3. The molecule has 0 aliphatic heterocycles. The van der Waals surface area contributed by atoms with E-state index in [9.17, 15) is 18.8 Å². The van der Waals surface area contributed by atoms with Crippen LogP contribution in [0.15, 0.2) is 50.6 Å². The number of nitrogens with one attached hydrogen (secondary N) is 2. The molecule has 0 saturated heterocycles. The lowest BCUT2D eigenvalue weighted by Crippen LogP contribution is -2.39. The average Bonchev–Trinajstić information content (AvgIpc) is 3.34. The molecule has 3 aromatic rings. The number of aromatic amines is 1. The molecule has 0 fully saturated rings. The van der Waals surface area contributed by atoms with Gasteiger partial charge < -0.3 is 30.5 Å². The van der Waals surface area contributed by atoms with Crippen molar-refractivity contribution in [3.63, 3.8) is 0 Å². The monoisotopic (exact) mass is 560 g/mol. The van der Waals surface area contributed by atoms with Crippen molar-refractivity contribution in [2.75, 3.05) is 14.2 Å². The fourth-order valence-electron chi connectivity index (χ4n) is 3.43. The number of guanidine groups is 1. The number of hydrogen-bond donors (Lipinski definition) is 5. The number of amides is 1. The normalized spacial score (nSPS) is 11.8. The second kappa shape index (κ2) is 15.0. The van der Waals surface area contributed by atoms with Gasteiger partial charge in [0.05, 0.1) is 26.2 Å². The van der Waals surface area contributed by atoms with Gasteiger partial charge in [-0.3, -0.25) is 10.1 Å². The molecule has 216 valence electrons. The van der Waals surface area contributed by atoms with Crippen LogP contribution in [0.3, 0.4) is 0 Å². The first-order chi connectivity index (χ1) is 19.0. The molecule has 1 amide bonds. The third-order valence-electron chi connectivity index (χ3n) is 5.29. The number of carboxylic acid groups (broad SMARTS) is 1. The van der Waals surface area contributed by atoms with Gasteiger partial charge in [0, 0.05) is 6.54 Å². The number of aromatic nitrogens is 2. The van der Waals surface area contributed by atoms with Gasteiger partial charge in [-0.1, -0.05) is 26.0 Å². The van der Waals surface area contributed by atoms with Gasteiger partial charge in [0.25, 0.3) is 5.89 Å². The van der Waals surface area contributed by atoms with Crippen LogP contribution in [-0.2, 0) is 22.6 Å². The van der Waals surface area contributed by atoms with Gasteiger partial charge >= 0.3 is 11.7 Å². The number of carboxylic acids is 1. The summed E-state index contributed by atoms with van der Waals surface area (Å²) in [4.78, 5) is 37.8. The first-order valence-corrected chi connectivity index (χ1v) is 12.1. The summed E-state index contributed by atoms with van der Waals surface area (Å²) in [6.45, 7) is 4.05. The summed E-state index contributed by atoms with van der Waals surface area (Å²) in [5.74, 6) is -1.78. The zero-order valence-corrected chi connectivity index (χ0v) is 22.6. The van der Waals surface area contributed by atoms with Crippen LogP contribution in [0, 0.1) is 11.7 Å². The molecule has 0 aliphatic carbocycles. The number of benzene rings is 2. The van der Waals surface area contributed by atoms with Crippen molar-refractivity contribution in [3.05, 3.63) is 63.9 Å². The largest absolute Gasteiger partial charge is 0.493 e. The van der Waals surface area contributed by atoms with Crippen molar-refractivity contribution in [3.8, 4) is 23.0 Å². The maximum atomic E-state index is 13.3. The van der Waals surface area contributed by atoms with E-state index in [0.717, 1.165) is 5.56 Å². The summed E-state index contributed by atoms with van der Waals surface area (Å²) in [5.41, 5.74) is 12.6.